The Bertz CT molecular complexity index is 513. The van der Waals surface area contributed by atoms with Crippen molar-refractivity contribution in [2.75, 3.05) is 0 Å². The van der Waals surface area contributed by atoms with Crippen molar-refractivity contribution in [1.82, 2.24) is 19.5 Å². The van der Waals surface area contributed by atoms with Gasteiger partial charge in [0.2, 0.25) is 0 Å². The molecule has 4 nitrogen and oxygen atoms in total. The summed E-state index contributed by atoms with van der Waals surface area (Å²) in [6, 6.07) is 0. The minimum absolute atomic E-state index is 0.586. The minimum Gasteiger partial charge on any atom is -0.341 e. The summed E-state index contributed by atoms with van der Waals surface area (Å²) < 4.78 is 2.64. The zero-order valence-electron chi connectivity index (χ0n) is 8.90. The Kier molecular flexibility index (Phi) is 2.81. The first-order valence-electron chi connectivity index (χ1n) is 5.11. The molecule has 0 aliphatic carbocycles. The van der Waals surface area contributed by atoms with E-state index >= 15 is 0 Å². The van der Waals surface area contributed by atoms with Crippen molar-refractivity contribution < 1.29 is 0 Å². The summed E-state index contributed by atoms with van der Waals surface area (Å²) in [6.45, 7) is 5.33. The van der Waals surface area contributed by atoms with Gasteiger partial charge in [0.25, 0.3) is 0 Å². The Labute approximate surface area is 93.4 Å². The average molecular weight is 222 g/mol. The van der Waals surface area contributed by atoms with E-state index in [9.17, 15) is 0 Å². The largest absolute Gasteiger partial charge is 0.341 e. The van der Waals surface area contributed by atoms with Crippen molar-refractivity contribution in [2.24, 2.45) is 5.92 Å². The molecule has 0 spiro atoms. The van der Waals surface area contributed by atoms with Crippen LogP contribution in [0.25, 0.3) is 11.2 Å². The first-order chi connectivity index (χ1) is 7.22. The standard InChI is InChI=1S/C10H14N4S/c1-3-7(2)4-14-6-13-10(15)8-9(14)12-5-11-8/h5-7H,3-4H2,1-2H3,(H,11,12). The summed E-state index contributed by atoms with van der Waals surface area (Å²) in [4.78, 5) is 11.5. The fourth-order valence-corrected chi connectivity index (χ4v) is 1.70. The van der Waals surface area contributed by atoms with Crippen LogP contribution in [0.1, 0.15) is 20.3 Å². The third kappa shape index (κ3) is 1.92. The smallest absolute Gasteiger partial charge is 0.162 e. The molecular formula is C10H14N4S. The van der Waals surface area contributed by atoms with Gasteiger partial charge >= 0.3 is 0 Å². The molecule has 2 aromatic rings. The molecule has 1 unspecified atom stereocenters. The van der Waals surface area contributed by atoms with E-state index < -0.39 is 0 Å². The molecule has 1 N–H and O–H groups in total. The summed E-state index contributed by atoms with van der Waals surface area (Å²) >= 11 is 5.11. The van der Waals surface area contributed by atoms with Crippen molar-refractivity contribution in [3.63, 3.8) is 0 Å². The zero-order chi connectivity index (χ0) is 10.8. The summed E-state index contributed by atoms with van der Waals surface area (Å²) in [6.07, 6.45) is 4.58. The minimum atomic E-state index is 0.586. The maximum atomic E-state index is 5.11. The van der Waals surface area contributed by atoms with Crippen molar-refractivity contribution in [1.29, 1.82) is 0 Å². The number of nitrogens with zero attached hydrogens (tertiary/aromatic N) is 3. The molecule has 80 valence electrons. The molecule has 0 fully saturated rings. The van der Waals surface area contributed by atoms with E-state index in [-0.39, 0.29) is 0 Å². The van der Waals surface area contributed by atoms with Crippen LogP contribution in [0.5, 0.6) is 0 Å². The Morgan fingerprint density at radius 3 is 3.07 bits per heavy atom. The van der Waals surface area contributed by atoms with Crippen molar-refractivity contribution in [3.8, 4) is 0 Å². The highest BCUT2D eigenvalue weighted by Crippen LogP contribution is 2.12. The van der Waals surface area contributed by atoms with Gasteiger partial charge in [-0.2, -0.15) is 0 Å². The van der Waals surface area contributed by atoms with Gasteiger partial charge in [0.05, 0.1) is 12.7 Å². The van der Waals surface area contributed by atoms with E-state index in [1.807, 2.05) is 0 Å². The van der Waals surface area contributed by atoms with E-state index in [0.717, 1.165) is 24.1 Å². The van der Waals surface area contributed by atoms with Gasteiger partial charge in [0, 0.05) is 6.54 Å². The van der Waals surface area contributed by atoms with Crippen LogP contribution in [0.3, 0.4) is 0 Å². The third-order valence-corrected chi connectivity index (χ3v) is 2.93. The number of rotatable bonds is 3. The van der Waals surface area contributed by atoms with Crippen molar-refractivity contribution in [3.05, 3.63) is 17.3 Å². The van der Waals surface area contributed by atoms with Crippen LogP contribution in [-0.4, -0.2) is 19.5 Å². The Balaban J connectivity index is 2.48. The first-order valence-corrected chi connectivity index (χ1v) is 5.51. The monoisotopic (exact) mass is 222 g/mol. The summed E-state index contributed by atoms with van der Waals surface area (Å²) in [7, 11) is 0. The van der Waals surface area contributed by atoms with Crippen LogP contribution in [0.15, 0.2) is 12.7 Å². The lowest BCUT2D eigenvalue weighted by atomic mass is 10.1. The fraction of sp³-hybridized carbons (Fsp3) is 0.500. The summed E-state index contributed by atoms with van der Waals surface area (Å²) in [5.41, 5.74) is 1.76. The van der Waals surface area contributed by atoms with Crippen LogP contribution in [-0.2, 0) is 6.54 Å². The van der Waals surface area contributed by atoms with Crippen LogP contribution >= 0.6 is 12.2 Å². The topological polar surface area (TPSA) is 46.5 Å². The van der Waals surface area contributed by atoms with E-state index in [1.165, 1.54) is 0 Å². The Hall–Kier alpha value is -1.23. The molecule has 2 aromatic heterocycles. The molecule has 5 heteroatoms. The van der Waals surface area contributed by atoms with Gasteiger partial charge in [-0.1, -0.05) is 32.5 Å². The van der Waals surface area contributed by atoms with Gasteiger partial charge in [-0.3, -0.25) is 0 Å². The van der Waals surface area contributed by atoms with E-state index in [0.29, 0.717) is 10.6 Å². The zero-order valence-corrected chi connectivity index (χ0v) is 9.71. The normalized spacial score (nSPS) is 13.2. The highest BCUT2D eigenvalue weighted by atomic mass is 32.1. The molecule has 0 aliphatic rings. The SMILES string of the molecule is CCC(C)Cn1cnc(=S)c2[nH]cnc21. The Morgan fingerprint density at radius 1 is 1.53 bits per heavy atom. The molecule has 0 aliphatic heterocycles. The van der Waals surface area contributed by atoms with Gasteiger partial charge in [0.15, 0.2) is 10.3 Å². The maximum Gasteiger partial charge on any atom is 0.162 e. The van der Waals surface area contributed by atoms with Gasteiger partial charge in [-0.25, -0.2) is 9.97 Å². The van der Waals surface area contributed by atoms with E-state index in [2.05, 4.69) is 33.4 Å². The molecule has 0 radical (unpaired) electrons. The number of fused-ring (bicyclic) bond motifs is 1. The summed E-state index contributed by atoms with van der Waals surface area (Å²) in [5, 5.41) is 0. The second-order valence-electron chi connectivity index (χ2n) is 3.82. The lowest BCUT2D eigenvalue weighted by Gasteiger charge is -2.11. The molecule has 0 aromatic carbocycles. The number of aromatic amines is 1. The Morgan fingerprint density at radius 2 is 2.33 bits per heavy atom. The first kappa shape index (κ1) is 10.3. The molecule has 0 bridgehead atoms. The predicted molar refractivity (Wildman–Crippen MR) is 62.2 cm³/mol. The highest BCUT2D eigenvalue weighted by molar-refractivity contribution is 7.71. The number of hydrogen-bond donors (Lipinski definition) is 1. The number of nitrogens with one attached hydrogen (secondary N) is 1. The van der Waals surface area contributed by atoms with Gasteiger partial charge in [-0.15, -0.1) is 0 Å². The maximum absolute atomic E-state index is 5.11. The van der Waals surface area contributed by atoms with Gasteiger partial charge in [-0.05, 0) is 5.92 Å². The number of H-pyrrole nitrogens is 1. The third-order valence-electron chi connectivity index (χ3n) is 2.62. The molecular weight excluding hydrogens is 208 g/mol. The van der Waals surface area contributed by atoms with Crippen molar-refractivity contribution >= 4 is 23.4 Å². The fourth-order valence-electron chi connectivity index (χ4n) is 1.50. The van der Waals surface area contributed by atoms with Gasteiger partial charge < -0.3 is 9.55 Å². The van der Waals surface area contributed by atoms with Crippen LogP contribution < -0.4 is 0 Å². The van der Waals surface area contributed by atoms with Crippen LogP contribution in [0.2, 0.25) is 0 Å². The number of imidazole rings is 1. The lowest BCUT2D eigenvalue weighted by Crippen LogP contribution is -2.08. The molecule has 0 amide bonds. The predicted octanol–water partition coefficient (Wildman–Crippen LogP) is 2.53. The van der Waals surface area contributed by atoms with Gasteiger partial charge in [0.1, 0.15) is 5.52 Å². The van der Waals surface area contributed by atoms with E-state index in [4.69, 9.17) is 12.2 Å². The second kappa shape index (κ2) is 4.10. The molecule has 1 atom stereocenters. The average Bonchev–Trinajstić information content (AvgIpc) is 2.71. The van der Waals surface area contributed by atoms with Crippen LogP contribution in [0.4, 0.5) is 0 Å². The molecule has 0 saturated carbocycles. The molecule has 0 saturated heterocycles. The van der Waals surface area contributed by atoms with E-state index in [1.54, 1.807) is 12.7 Å². The van der Waals surface area contributed by atoms with Crippen molar-refractivity contribution in [2.45, 2.75) is 26.8 Å². The highest BCUT2D eigenvalue weighted by Gasteiger charge is 2.06. The lowest BCUT2D eigenvalue weighted by molar-refractivity contribution is 0.471. The molecule has 2 rings (SSSR count). The summed E-state index contributed by atoms with van der Waals surface area (Å²) in [5.74, 6) is 0.618. The number of hydrogen-bond acceptors (Lipinski definition) is 3. The van der Waals surface area contributed by atoms with Crippen LogP contribution in [0, 0.1) is 10.6 Å². The second-order valence-corrected chi connectivity index (χ2v) is 4.20. The molecule has 15 heavy (non-hydrogen) atoms. The molecule has 2 heterocycles. The number of aromatic nitrogens is 4. The quantitative estimate of drug-likeness (QED) is 0.812.